The second-order valence-corrected chi connectivity index (χ2v) is 7.61. The van der Waals surface area contributed by atoms with Crippen molar-refractivity contribution < 1.29 is 4.79 Å². The van der Waals surface area contributed by atoms with Crippen molar-refractivity contribution in [2.24, 2.45) is 5.73 Å². The first kappa shape index (κ1) is 17.1. The van der Waals surface area contributed by atoms with Gasteiger partial charge in [-0.15, -0.1) is 0 Å². The number of hydrogen-bond acceptors (Lipinski definition) is 1. The quantitative estimate of drug-likeness (QED) is 0.428. The van der Waals surface area contributed by atoms with Gasteiger partial charge in [-0.25, -0.2) is 0 Å². The van der Waals surface area contributed by atoms with Crippen molar-refractivity contribution in [1.82, 2.24) is 4.57 Å². The van der Waals surface area contributed by atoms with E-state index < -0.39 is 0 Å². The molecule has 4 aromatic rings. The Morgan fingerprint density at radius 2 is 1.85 bits per heavy atom. The Balaban J connectivity index is 2.07. The molecule has 1 aromatic heterocycles. The number of carbonyl (C=O) groups excluding carboxylic acids is 1. The van der Waals surface area contributed by atoms with Gasteiger partial charge in [0, 0.05) is 32.0 Å². The maximum Gasteiger partial charge on any atom is 0.249 e. The number of fused-ring (bicyclic) bond motifs is 3. The summed E-state index contributed by atoms with van der Waals surface area (Å²) in [5.41, 5.74) is 11.0. The number of primary amides is 1. The predicted molar refractivity (Wildman–Crippen MR) is 116 cm³/mol. The van der Waals surface area contributed by atoms with Crippen LogP contribution in [0.1, 0.15) is 28.4 Å². The Morgan fingerprint density at radius 3 is 2.58 bits per heavy atom. The summed E-state index contributed by atoms with van der Waals surface area (Å²) < 4.78 is 3.53. The summed E-state index contributed by atoms with van der Waals surface area (Å²) in [6.07, 6.45) is 0.975. The highest BCUT2D eigenvalue weighted by Gasteiger charge is 2.17. The molecule has 4 rings (SSSR count). The van der Waals surface area contributed by atoms with Crippen LogP contribution >= 0.6 is 22.6 Å². The van der Waals surface area contributed by atoms with Gasteiger partial charge in [-0.1, -0.05) is 43.3 Å². The van der Waals surface area contributed by atoms with Crippen LogP contribution < -0.4 is 5.73 Å². The van der Waals surface area contributed by atoms with Gasteiger partial charge in [0.05, 0.1) is 5.52 Å². The van der Waals surface area contributed by atoms with Crippen molar-refractivity contribution in [2.75, 3.05) is 0 Å². The van der Waals surface area contributed by atoms with Crippen LogP contribution in [0.3, 0.4) is 0 Å². The molecule has 0 aliphatic rings. The van der Waals surface area contributed by atoms with E-state index in [0.29, 0.717) is 5.56 Å². The minimum Gasteiger partial charge on any atom is -0.366 e. The highest BCUT2D eigenvalue weighted by Crippen LogP contribution is 2.33. The molecule has 0 aliphatic heterocycles. The zero-order chi connectivity index (χ0) is 18.3. The third-order valence-electron chi connectivity index (χ3n) is 4.92. The predicted octanol–water partition coefficient (Wildman–Crippen LogP) is 5.11. The second-order valence-electron chi connectivity index (χ2n) is 6.45. The Bertz CT molecular complexity index is 1140. The number of aryl methyl sites for hydroxylation is 1. The van der Waals surface area contributed by atoms with Gasteiger partial charge in [0.2, 0.25) is 5.91 Å². The standard InChI is InChI=1S/C22H19IN2O/c1-2-14-10-11-16-20(12-14)25(13-15-6-3-4-8-18(15)23)19-9-5-7-17(21(16)19)22(24)26/h3-12H,2,13H2,1H3,(H2,24,26). The van der Waals surface area contributed by atoms with Crippen LogP contribution in [0, 0.1) is 3.57 Å². The van der Waals surface area contributed by atoms with Crippen molar-refractivity contribution >= 4 is 50.3 Å². The first-order valence-electron chi connectivity index (χ1n) is 8.67. The van der Waals surface area contributed by atoms with Gasteiger partial charge in [0.1, 0.15) is 0 Å². The lowest BCUT2D eigenvalue weighted by atomic mass is 10.0. The van der Waals surface area contributed by atoms with E-state index in [1.165, 1.54) is 14.7 Å². The van der Waals surface area contributed by atoms with Crippen LogP contribution in [-0.2, 0) is 13.0 Å². The molecule has 0 radical (unpaired) electrons. The van der Waals surface area contributed by atoms with Crippen molar-refractivity contribution in [1.29, 1.82) is 0 Å². The SMILES string of the molecule is CCc1ccc2c3c(C(N)=O)cccc3n(Cc3ccccc3I)c2c1. The van der Waals surface area contributed by atoms with Crippen LogP contribution in [0.25, 0.3) is 21.8 Å². The van der Waals surface area contributed by atoms with E-state index in [4.69, 9.17) is 5.73 Å². The molecular formula is C22H19IN2O. The third kappa shape index (κ3) is 2.78. The summed E-state index contributed by atoms with van der Waals surface area (Å²) in [5, 5.41) is 2.03. The van der Waals surface area contributed by atoms with Crippen LogP contribution in [0.15, 0.2) is 60.7 Å². The molecule has 0 saturated carbocycles. The molecule has 4 heteroatoms. The molecule has 0 bridgehead atoms. The highest BCUT2D eigenvalue weighted by molar-refractivity contribution is 14.1. The van der Waals surface area contributed by atoms with Gasteiger partial charge < -0.3 is 10.3 Å². The van der Waals surface area contributed by atoms with E-state index in [1.807, 2.05) is 12.1 Å². The summed E-state index contributed by atoms with van der Waals surface area (Å²) in [4.78, 5) is 12.0. The zero-order valence-corrected chi connectivity index (χ0v) is 16.7. The number of benzene rings is 3. The minimum atomic E-state index is -0.386. The molecule has 26 heavy (non-hydrogen) atoms. The summed E-state index contributed by atoms with van der Waals surface area (Å²) in [6.45, 7) is 2.91. The fourth-order valence-electron chi connectivity index (χ4n) is 3.58. The number of amides is 1. The molecular weight excluding hydrogens is 435 g/mol. The first-order valence-corrected chi connectivity index (χ1v) is 9.75. The molecule has 0 spiro atoms. The van der Waals surface area contributed by atoms with Gasteiger partial charge in [-0.3, -0.25) is 4.79 Å². The lowest BCUT2D eigenvalue weighted by Gasteiger charge is -2.10. The number of rotatable bonds is 4. The molecule has 0 aliphatic carbocycles. The average molecular weight is 454 g/mol. The van der Waals surface area contributed by atoms with Crippen molar-refractivity contribution in [3.8, 4) is 0 Å². The molecule has 0 saturated heterocycles. The first-order chi connectivity index (χ1) is 12.6. The monoisotopic (exact) mass is 454 g/mol. The van der Waals surface area contributed by atoms with Crippen LogP contribution in [0.2, 0.25) is 0 Å². The number of nitrogens with two attached hydrogens (primary N) is 1. The smallest absolute Gasteiger partial charge is 0.249 e. The lowest BCUT2D eigenvalue weighted by Crippen LogP contribution is -2.11. The van der Waals surface area contributed by atoms with E-state index >= 15 is 0 Å². The van der Waals surface area contributed by atoms with Crippen molar-refractivity contribution in [3.63, 3.8) is 0 Å². The molecule has 130 valence electrons. The van der Waals surface area contributed by atoms with Gasteiger partial charge in [-0.2, -0.15) is 0 Å². The van der Waals surface area contributed by atoms with Crippen LogP contribution in [-0.4, -0.2) is 10.5 Å². The molecule has 3 nitrogen and oxygen atoms in total. The summed E-state index contributed by atoms with van der Waals surface area (Å²) in [7, 11) is 0. The van der Waals surface area contributed by atoms with Crippen molar-refractivity contribution in [3.05, 3.63) is 80.9 Å². The van der Waals surface area contributed by atoms with E-state index in [2.05, 4.69) is 82.6 Å². The molecule has 0 atom stereocenters. The van der Waals surface area contributed by atoms with E-state index in [9.17, 15) is 4.79 Å². The van der Waals surface area contributed by atoms with Gasteiger partial charge in [0.25, 0.3) is 0 Å². The molecule has 1 amide bonds. The lowest BCUT2D eigenvalue weighted by molar-refractivity contribution is 0.100. The minimum absolute atomic E-state index is 0.386. The van der Waals surface area contributed by atoms with Gasteiger partial charge in [0.15, 0.2) is 0 Å². The number of nitrogens with zero attached hydrogens (tertiary/aromatic N) is 1. The molecule has 1 heterocycles. The zero-order valence-electron chi connectivity index (χ0n) is 14.5. The van der Waals surface area contributed by atoms with Gasteiger partial charge in [-0.05, 0) is 64.4 Å². The number of halogens is 1. The topological polar surface area (TPSA) is 48.0 Å². The van der Waals surface area contributed by atoms with Gasteiger partial charge >= 0.3 is 0 Å². The summed E-state index contributed by atoms with van der Waals surface area (Å²) >= 11 is 2.38. The fourth-order valence-corrected chi connectivity index (χ4v) is 4.14. The Hall–Kier alpha value is -2.34. The third-order valence-corrected chi connectivity index (χ3v) is 5.97. The van der Waals surface area contributed by atoms with Crippen molar-refractivity contribution in [2.45, 2.75) is 19.9 Å². The fraction of sp³-hybridized carbons (Fsp3) is 0.136. The Labute approximate surface area is 165 Å². The number of hydrogen-bond donors (Lipinski definition) is 1. The number of carbonyl (C=O) groups is 1. The van der Waals surface area contributed by atoms with E-state index in [0.717, 1.165) is 34.8 Å². The maximum absolute atomic E-state index is 12.0. The highest BCUT2D eigenvalue weighted by atomic mass is 127. The maximum atomic E-state index is 12.0. The Kier molecular flexibility index (Phi) is 4.44. The summed E-state index contributed by atoms with van der Waals surface area (Å²) in [6, 6.07) is 20.7. The molecule has 2 N–H and O–H groups in total. The number of aromatic nitrogens is 1. The van der Waals surface area contributed by atoms with Crippen LogP contribution in [0.5, 0.6) is 0 Å². The normalized spacial score (nSPS) is 11.3. The average Bonchev–Trinajstić information content (AvgIpc) is 2.96. The second kappa shape index (κ2) is 6.76. The largest absolute Gasteiger partial charge is 0.366 e. The molecule has 0 fully saturated rings. The van der Waals surface area contributed by atoms with E-state index in [-0.39, 0.29) is 5.91 Å². The summed E-state index contributed by atoms with van der Waals surface area (Å²) in [5.74, 6) is -0.386. The van der Waals surface area contributed by atoms with E-state index in [1.54, 1.807) is 0 Å². The molecule has 3 aromatic carbocycles. The Morgan fingerprint density at radius 1 is 1.04 bits per heavy atom. The van der Waals surface area contributed by atoms with Crippen LogP contribution in [0.4, 0.5) is 0 Å². The molecule has 0 unspecified atom stereocenters.